The highest BCUT2D eigenvalue weighted by Gasteiger charge is 2.20. The first-order valence-corrected chi connectivity index (χ1v) is 17.8. The van der Waals surface area contributed by atoms with Gasteiger partial charge in [-0.25, -0.2) is 0 Å². The summed E-state index contributed by atoms with van der Waals surface area (Å²) in [5.74, 6) is 0. The third kappa shape index (κ3) is 5.12. The van der Waals surface area contributed by atoms with Crippen LogP contribution in [0.3, 0.4) is 0 Å². The number of benzene rings is 9. The molecule has 2 nitrogen and oxygen atoms in total. The average molecular weight is 664 g/mol. The molecule has 0 unspecified atom stereocenters. The molecule has 52 heavy (non-hydrogen) atoms. The van der Waals surface area contributed by atoms with Gasteiger partial charge in [0.2, 0.25) is 0 Å². The summed E-state index contributed by atoms with van der Waals surface area (Å²) in [5, 5.41) is 7.15. The number of hydrogen-bond acceptors (Lipinski definition) is 2. The number of rotatable bonds is 6. The zero-order valence-electron chi connectivity index (χ0n) is 28.4. The van der Waals surface area contributed by atoms with Gasteiger partial charge in [-0.1, -0.05) is 152 Å². The predicted octanol–water partition coefficient (Wildman–Crippen LogP) is 14.4. The zero-order chi connectivity index (χ0) is 34.4. The van der Waals surface area contributed by atoms with Gasteiger partial charge in [-0.05, 0) is 97.4 Å². The Morgan fingerprint density at radius 3 is 1.54 bits per heavy atom. The van der Waals surface area contributed by atoms with E-state index >= 15 is 0 Å². The number of para-hydroxylation sites is 1. The molecular weight excluding hydrogens is 631 g/mol. The monoisotopic (exact) mass is 663 g/mol. The predicted molar refractivity (Wildman–Crippen MR) is 220 cm³/mol. The van der Waals surface area contributed by atoms with E-state index in [2.05, 4.69) is 193 Å². The number of anilines is 3. The van der Waals surface area contributed by atoms with E-state index in [9.17, 15) is 0 Å². The standard InChI is InChI=1S/C50H33NO/c1-2-12-34(13-3-1)35-24-26-38(27-25-35)51(40-29-31-47-46-20-8-9-23-49(46)52-50(47)33-40)39-28-30-45(43-21-10-16-36-14-4-6-18-41(36)43)48(32-39)44-22-11-17-37-15-5-7-19-42(37)44/h1-33H. The van der Waals surface area contributed by atoms with Gasteiger partial charge in [0, 0.05) is 33.9 Å². The van der Waals surface area contributed by atoms with E-state index < -0.39 is 0 Å². The minimum absolute atomic E-state index is 0.867. The maximum absolute atomic E-state index is 6.42. The molecule has 2 heteroatoms. The third-order valence-corrected chi connectivity index (χ3v) is 10.3. The highest BCUT2D eigenvalue weighted by molar-refractivity contribution is 6.08. The van der Waals surface area contributed by atoms with Crippen molar-refractivity contribution in [2.45, 2.75) is 0 Å². The van der Waals surface area contributed by atoms with Gasteiger partial charge in [0.1, 0.15) is 11.2 Å². The number of fused-ring (bicyclic) bond motifs is 5. The third-order valence-electron chi connectivity index (χ3n) is 10.3. The fourth-order valence-corrected chi connectivity index (χ4v) is 7.78. The van der Waals surface area contributed by atoms with Gasteiger partial charge >= 0.3 is 0 Å². The maximum atomic E-state index is 6.42. The van der Waals surface area contributed by atoms with Crippen LogP contribution in [0.15, 0.2) is 205 Å². The number of furan rings is 1. The lowest BCUT2D eigenvalue weighted by Crippen LogP contribution is -2.10. The Labute approximate surface area is 302 Å². The topological polar surface area (TPSA) is 16.4 Å². The molecule has 0 N–H and O–H groups in total. The quantitative estimate of drug-likeness (QED) is 0.176. The maximum Gasteiger partial charge on any atom is 0.137 e. The summed E-state index contributed by atoms with van der Waals surface area (Å²) in [4.78, 5) is 2.35. The fraction of sp³-hybridized carbons (Fsp3) is 0. The van der Waals surface area contributed by atoms with Crippen molar-refractivity contribution >= 4 is 60.5 Å². The van der Waals surface area contributed by atoms with Crippen molar-refractivity contribution in [3.05, 3.63) is 200 Å². The molecule has 244 valence electrons. The normalized spacial score (nSPS) is 11.5. The first-order valence-electron chi connectivity index (χ1n) is 17.8. The van der Waals surface area contributed by atoms with Crippen LogP contribution in [0, 0.1) is 0 Å². The van der Waals surface area contributed by atoms with Crippen molar-refractivity contribution < 1.29 is 4.42 Å². The molecule has 0 fully saturated rings. The van der Waals surface area contributed by atoms with Crippen molar-refractivity contribution in [3.8, 4) is 33.4 Å². The summed E-state index contributed by atoms with van der Waals surface area (Å²) in [6.07, 6.45) is 0. The molecule has 1 heterocycles. The summed E-state index contributed by atoms with van der Waals surface area (Å²) >= 11 is 0. The molecule has 10 aromatic rings. The zero-order valence-corrected chi connectivity index (χ0v) is 28.4. The lowest BCUT2D eigenvalue weighted by atomic mass is 9.88. The largest absolute Gasteiger partial charge is 0.456 e. The van der Waals surface area contributed by atoms with E-state index in [0.717, 1.165) is 39.0 Å². The summed E-state index contributed by atoms with van der Waals surface area (Å²) in [6, 6.07) is 71.8. The van der Waals surface area contributed by atoms with Crippen LogP contribution in [0.25, 0.3) is 76.9 Å². The molecule has 0 bridgehead atoms. The van der Waals surface area contributed by atoms with Crippen molar-refractivity contribution in [2.24, 2.45) is 0 Å². The van der Waals surface area contributed by atoms with Gasteiger partial charge < -0.3 is 9.32 Å². The van der Waals surface area contributed by atoms with Gasteiger partial charge in [0.05, 0.1) is 0 Å². The molecule has 0 saturated heterocycles. The first kappa shape index (κ1) is 30.0. The van der Waals surface area contributed by atoms with Crippen LogP contribution in [0.4, 0.5) is 17.1 Å². The Morgan fingerprint density at radius 2 is 0.808 bits per heavy atom. The second-order valence-electron chi connectivity index (χ2n) is 13.3. The van der Waals surface area contributed by atoms with Crippen molar-refractivity contribution in [3.63, 3.8) is 0 Å². The van der Waals surface area contributed by atoms with Crippen molar-refractivity contribution in [2.75, 3.05) is 4.90 Å². The number of hydrogen-bond donors (Lipinski definition) is 0. The highest BCUT2D eigenvalue weighted by atomic mass is 16.3. The Balaban J connectivity index is 1.22. The van der Waals surface area contributed by atoms with Gasteiger partial charge in [-0.2, -0.15) is 0 Å². The van der Waals surface area contributed by atoms with Gasteiger partial charge in [0.15, 0.2) is 0 Å². The molecule has 0 aliphatic rings. The van der Waals surface area contributed by atoms with E-state index in [1.54, 1.807) is 0 Å². The Morgan fingerprint density at radius 1 is 0.288 bits per heavy atom. The van der Waals surface area contributed by atoms with Crippen LogP contribution in [0.1, 0.15) is 0 Å². The van der Waals surface area contributed by atoms with E-state index in [1.807, 2.05) is 12.1 Å². The molecule has 0 radical (unpaired) electrons. The first-order chi connectivity index (χ1) is 25.8. The molecule has 10 rings (SSSR count). The summed E-state index contributed by atoms with van der Waals surface area (Å²) in [5.41, 5.74) is 12.1. The van der Waals surface area contributed by atoms with Crippen molar-refractivity contribution in [1.82, 2.24) is 0 Å². The minimum Gasteiger partial charge on any atom is -0.456 e. The molecule has 0 amide bonds. The minimum atomic E-state index is 0.867. The summed E-state index contributed by atoms with van der Waals surface area (Å²) in [6.45, 7) is 0. The van der Waals surface area contributed by atoms with E-state index in [0.29, 0.717) is 0 Å². The number of nitrogens with zero attached hydrogens (tertiary/aromatic N) is 1. The second-order valence-corrected chi connectivity index (χ2v) is 13.3. The Bertz CT molecular complexity index is 2890. The van der Waals surface area contributed by atoms with Gasteiger partial charge in [-0.3, -0.25) is 0 Å². The van der Waals surface area contributed by atoms with Crippen LogP contribution in [0.5, 0.6) is 0 Å². The van der Waals surface area contributed by atoms with E-state index in [4.69, 9.17) is 4.42 Å². The molecule has 0 saturated carbocycles. The van der Waals surface area contributed by atoms with Crippen LogP contribution in [0.2, 0.25) is 0 Å². The molecule has 0 spiro atoms. The highest BCUT2D eigenvalue weighted by Crippen LogP contribution is 2.45. The van der Waals surface area contributed by atoms with Gasteiger partial charge in [0.25, 0.3) is 0 Å². The lowest BCUT2D eigenvalue weighted by molar-refractivity contribution is 0.669. The fourth-order valence-electron chi connectivity index (χ4n) is 7.78. The van der Waals surface area contributed by atoms with Crippen LogP contribution >= 0.6 is 0 Å². The van der Waals surface area contributed by atoms with E-state index in [1.165, 1.54) is 54.9 Å². The summed E-state index contributed by atoms with van der Waals surface area (Å²) < 4.78 is 6.42. The molecule has 9 aromatic carbocycles. The molecule has 0 aliphatic heterocycles. The lowest BCUT2D eigenvalue weighted by Gasteiger charge is -2.27. The average Bonchev–Trinajstić information content (AvgIpc) is 3.59. The van der Waals surface area contributed by atoms with Gasteiger partial charge in [-0.15, -0.1) is 0 Å². The molecular formula is C50H33NO. The Hall–Kier alpha value is -6.90. The SMILES string of the molecule is c1ccc(-c2ccc(N(c3ccc(-c4cccc5ccccc45)c(-c4cccc5ccccc45)c3)c3ccc4c(c3)oc3ccccc34)cc2)cc1. The second kappa shape index (κ2) is 12.5. The van der Waals surface area contributed by atoms with Crippen LogP contribution in [-0.4, -0.2) is 0 Å². The molecule has 0 atom stereocenters. The van der Waals surface area contributed by atoms with Crippen LogP contribution in [-0.2, 0) is 0 Å². The van der Waals surface area contributed by atoms with E-state index in [-0.39, 0.29) is 0 Å². The van der Waals surface area contributed by atoms with Crippen molar-refractivity contribution in [1.29, 1.82) is 0 Å². The van der Waals surface area contributed by atoms with Crippen LogP contribution < -0.4 is 4.90 Å². The smallest absolute Gasteiger partial charge is 0.137 e. The Kier molecular flexibility index (Phi) is 7.18. The molecule has 0 aliphatic carbocycles. The summed E-state index contributed by atoms with van der Waals surface area (Å²) in [7, 11) is 0. The molecule has 1 aromatic heterocycles.